The summed E-state index contributed by atoms with van der Waals surface area (Å²) in [7, 11) is 1.93. The van der Waals surface area contributed by atoms with E-state index in [1.165, 1.54) is 19.3 Å². The van der Waals surface area contributed by atoms with Gasteiger partial charge in [-0.15, -0.1) is 0 Å². The van der Waals surface area contributed by atoms with Crippen LogP contribution in [0, 0.1) is 11.8 Å². The number of carbonyl (C=O) groups excluding carboxylic acids is 1. The fourth-order valence-corrected chi connectivity index (χ4v) is 3.53. The van der Waals surface area contributed by atoms with E-state index in [2.05, 4.69) is 27.0 Å². The molecule has 6 nitrogen and oxygen atoms in total. The molecule has 0 aromatic heterocycles. The number of nitrogens with one attached hydrogen (secondary N) is 3. The van der Waals surface area contributed by atoms with Crippen LogP contribution in [0.25, 0.3) is 0 Å². The molecule has 1 atom stereocenters. The van der Waals surface area contributed by atoms with Gasteiger partial charge in [0.25, 0.3) is 0 Å². The number of likely N-dealkylation sites (N-methyl/N-ethyl adjacent to an activating group) is 1. The van der Waals surface area contributed by atoms with Gasteiger partial charge < -0.3 is 20.7 Å². The van der Waals surface area contributed by atoms with E-state index in [1.807, 2.05) is 20.2 Å². The summed E-state index contributed by atoms with van der Waals surface area (Å²) in [5.41, 5.74) is 4.36. The lowest BCUT2D eigenvalue weighted by Gasteiger charge is -2.19. The van der Waals surface area contributed by atoms with Crippen LogP contribution >= 0.6 is 0 Å². The fourth-order valence-electron chi connectivity index (χ4n) is 3.53. The van der Waals surface area contributed by atoms with Gasteiger partial charge in [0.05, 0.1) is 6.61 Å². The summed E-state index contributed by atoms with van der Waals surface area (Å²) in [6.45, 7) is 7.03. The molecule has 0 aromatic carbocycles. The van der Waals surface area contributed by atoms with E-state index >= 15 is 0 Å². The molecule has 2 aliphatic carbocycles. The van der Waals surface area contributed by atoms with Crippen molar-refractivity contribution in [2.24, 2.45) is 16.8 Å². The van der Waals surface area contributed by atoms with Crippen LogP contribution in [0.15, 0.2) is 39.6 Å². The average molecular weight is 387 g/mol. The number of hydrogen-bond donors (Lipinski definition) is 3. The summed E-state index contributed by atoms with van der Waals surface area (Å²) in [4.78, 5) is 16.9. The quantitative estimate of drug-likeness (QED) is 0.305. The first-order valence-electron chi connectivity index (χ1n) is 10.5. The fraction of sp³-hybridized carbons (Fsp3) is 0.636. The van der Waals surface area contributed by atoms with Gasteiger partial charge in [0.1, 0.15) is 0 Å². The van der Waals surface area contributed by atoms with Gasteiger partial charge in [-0.25, -0.2) is 0 Å². The molecule has 1 heterocycles. The molecule has 3 rings (SSSR count). The van der Waals surface area contributed by atoms with E-state index in [9.17, 15) is 4.79 Å². The van der Waals surface area contributed by atoms with Crippen LogP contribution in [0.1, 0.15) is 32.6 Å². The smallest absolute Gasteiger partial charge is 0.244 e. The number of rotatable bonds is 10. The summed E-state index contributed by atoms with van der Waals surface area (Å²) < 4.78 is 5.57. The predicted octanol–water partition coefficient (Wildman–Crippen LogP) is 1.96. The molecule has 154 valence electrons. The van der Waals surface area contributed by atoms with Gasteiger partial charge in [0, 0.05) is 51.2 Å². The SMILES string of the molecule is CNC1=C(C=NCC2CCNC2)C/C(=C/C(=O)NCCOCC2CC2)C(C)=C1. The van der Waals surface area contributed by atoms with Crippen molar-refractivity contribution in [2.45, 2.75) is 32.6 Å². The second-order valence-corrected chi connectivity index (χ2v) is 8.03. The molecule has 1 aliphatic heterocycles. The lowest BCUT2D eigenvalue weighted by molar-refractivity contribution is -0.116. The lowest BCUT2D eigenvalue weighted by atomic mass is 9.91. The number of ether oxygens (including phenoxy) is 1. The highest BCUT2D eigenvalue weighted by molar-refractivity contribution is 5.90. The molecule has 2 fully saturated rings. The van der Waals surface area contributed by atoms with Gasteiger partial charge in [-0.1, -0.05) is 0 Å². The van der Waals surface area contributed by atoms with Crippen molar-refractivity contribution in [3.05, 3.63) is 34.6 Å². The van der Waals surface area contributed by atoms with Crippen molar-refractivity contribution in [3.8, 4) is 0 Å². The van der Waals surface area contributed by atoms with Crippen molar-refractivity contribution < 1.29 is 9.53 Å². The standard InChI is InChI=1S/C22H34N4O2/c1-16-9-21(23-2)20(14-25-13-18-5-6-24-12-18)10-19(16)11-22(27)26-7-8-28-15-17-3-4-17/h9,11,14,17-18,23-24H,3-8,10,12-13,15H2,1-2H3,(H,26,27)/b19-11-,25-14?. The van der Waals surface area contributed by atoms with Crippen molar-refractivity contribution >= 4 is 12.1 Å². The molecule has 0 spiro atoms. The maximum absolute atomic E-state index is 12.3. The monoisotopic (exact) mass is 386 g/mol. The van der Waals surface area contributed by atoms with E-state index in [0.717, 1.165) is 61.0 Å². The predicted molar refractivity (Wildman–Crippen MR) is 113 cm³/mol. The second-order valence-electron chi connectivity index (χ2n) is 8.03. The van der Waals surface area contributed by atoms with Gasteiger partial charge >= 0.3 is 0 Å². The Kier molecular flexibility index (Phi) is 7.86. The molecule has 1 saturated carbocycles. The summed E-state index contributed by atoms with van der Waals surface area (Å²) in [6.07, 6.45) is 10.3. The van der Waals surface area contributed by atoms with E-state index in [-0.39, 0.29) is 5.91 Å². The topological polar surface area (TPSA) is 74.8 Å². The molecule has 0 bridgehead atoms. The van der Waals surface area contributed by atoms with Gasteiger partial charge in [0.15, 0.2) is 0 Å². The Hall–Kier alpha value is -1.92. The molecule has 0 aromatic rings. The normalized spacial score (nSPS) is 24.1. The summed E-state index contributed by atoms with van der Waals surface area (Å²) in [6, 6.07) is 0. The zero-order valence-corrected chi connectivity index (χ0v) is 17.2. The highest BCUT2D eigenvalue weighted by Crippen LogP contribution is 2.28. The van der Waals surface area contributed by atoms with Crippen LogP contribution in [0.5, 0.6) is 0 Å². The highest BCUT2D eigenvalue weighted by Gasteiger charge is 2.21. The minimum atomic E-state index is -0.0565. The van der Waals surface area contributed by atoms with Crippen molar-refractivity contribution in [3.63, 3.8) is 0 Å². The molecule has 0 radical (unpaired) electrons. The Morgan fingerprint density at radius 1 is 1.36 bits per heavy atom. The second kappa shape index (κ2) is 10.6. The Labute approximate surface area is 168 Å². The molecule has 1 saturated heterocycles. The molecule has 1 unspecified atom stereocenters. The minimum Gasteiger partial charge on any atom is -0.388 e. The Bertz CT molecular complexity index is 668. The number of carbonyl (C=O) groups is 1. The first-order valence-corrected chi connectivity index (χ1v) is 10.5. The molecule has 1 amide bonds. The molecule has 6 heteroatoms. The van der Waals surface area contributed by atoms with Crippen molar-refractivity contribution in [2.75, 3.05) is 46.4 Å². The Morgan fingerprint density at radius 2 is 2.21 bits per heavy atom. The number of amides is 1. The van der Waals surface area contributed by atoms with Gasteiger partial charge in [-0.05, 0) is 73.9 Å². The van der Waals surface area contributed by atoms with Gasteiger partial charge in [-0.3, -0.25) is 9.79 Å². The zero-order valence-electron chi connectivity index (χ0n) is 17.2. The third-order valence-electron chi connectivity index (χ3n) is 5.54. The van der Waals surface area contributed by atoms with Crippen LogP contribution in [0.3, 0.4) is 0 Å². The summed E-state index contributed by atoms with van der Waals surface area (Å²) in [5.74, 6) is 1.34. The maximum atomic E-state index is 12.3. The van der Waals surface area contributed by atoms with Crippen LogP contribution in [0.2, 0.25) is 0 Å². The number of hydrogen-bond acceptors (Lipinski definition) is 5. The largest absolute Gasteiger partial charge is 0.388 e. The van der Waals surface area contributed by atoms with Crippen LogP contribution in [-0.2, 0) is 9.53 Å². The van der Waals surface area contributed by atoms with Crippen LogP contribution in [-0.4, -0.2) is 58.6 Å². The third kappa shape index (κ3) is 6.60. The maximum Gasteiger partial charge on any atom is 0.244 e. The van der Waals surface area contributed by atoms with Gasteiger partial charge in [-0.2, -0.15) is 0 Å². The van der Waals surface area contributed by atoms with Crippen molar-refractivity contribution in [1.29, 1.82) is 0 Å². The lowest BCUT2D eigenvalue weighted by Crippen LogP contribution is -2.26. The van der Waals surface area contributed by atoms with E-state index in [4.69, 9.17) is 4.74 Å². The molecular formula is C22H34N4O2. The average Bonchev–Trinajstić information content (AvgIpc) is 3.36. The molecular weight excluding hydrogens is 352 g/mol. The van der Waals surface area contributed by atoms with Gasteiger partial charge in [0.2, 0.25) is 5.91 Å². The molecule has 28 heavy (non-hydrogen) atoms. The van der Waals surface area contributed by atoms with Crippen LogP contribution in [0.4, 0.5) is 0 Å². The first-order chi connectivity index (χ1) is 13.7. The van der Waals surface area contributed by atoms with E-state index < -0.39 is 0 Å². The highest BCUT2D eigenvalue weighted by atomic mass is 16.5. The zero-order chi connectivity index (χ0) is 19.8. The number of nitrogens with zero attached hydrogens (tertiary/aromatic N) is 1. The third-order valence-corrected chi connectivity index (χ3v) is 5.54. The summed E-state index contributed by atoms with van der Waals surface area (Å²) in [5, 5.41) is 9.56. The summed E-state index contributed by atoms with van der Waals surface area (Å²) >= 11 is 0. The van der Waals surface area contributed by atoms with E-state index in [0.29, 0.717) is 19.1 Å². The Balaban J connectivity index is 1.50. The number of aliphatic imine (C=N–C) groups is 1. The molecule has 3 aliphatic rings. The minimum absolute atomic E-state index is 0.0565. The first kappa shape index (κ1) is 20.8. The Morgan fingerprint density at radius 3 is 2.93 bits per heavy atom. The molecule has 3 N–H and O–H groups in total. The van der Waals surface area contributed by atoms with Crippen LogP contribution < -0.4 is 16.0 Å². The number of allylic oxidation sites excluding steroid dienone is 4. The van der Waals surface area contributed by atoms with Crippen molar-refractivity contribution in [1.82, 2.24) is 16.0 Å². The van der Waals surface area contributed by atoms with E-state index in [1.54, 1.807) is 6.08 Å².